The topological polar surface area (TPSA) is 78.4 Å². The molecule has 1 N–H and O–H groups in total. The zero-order valence-corrected chi connectivity index (χ0v) is 16.9. The fourth-order valence-electron chi connectivity index (χ4n) is 5.36. The number of nitrogens with one attached hydrogen (secondary N) is 1. The number of anilines is 2. The summed E-state index contributed by atoms with van der Waals surface area (Å²) < 4.78 is 0. The third kappa shape index (κ3) is 2.19. The van der Waals surface area contributed by atoms with Crippen molar-refractivity contribution in [2.75, 3.05) is 36.4 Å². The summed E-state index contributed by atoms with van der Waals surface area (Å²) in [5.41, 5.74) is 0.766. The van der Waals surface area contributed by atoms with Crippen LogP contribution in [0, 0.1) is 5.41 Å². The molecule has 1 unspecified atom stereocenters. The van der Waals surface area contributed by atoms with Crippen molar-refractivity contribution in [1.29, 1.82) is 0 Å². The average molecular weight is 417 g/mol. The minimum absolute atomic E-state index is 0.00496. The Balaban J connectivity index is 1.41. The van der Waals surface area contributed by atoms with E-state index in [9.17, 15) is 9.59 Å². The van der Waals surface area contributed by atoms with E-state index in [1.807, 2.05) is 46.7 Å². The molecule has 150 valence electrons. The van der Waals surface area contributed by atoms with Gasteiger partial charge in [0.1, 0.15) is 5.41 Å². The SMILES string of the molecule is O=C(c1cccs1)N1CC2(C1)CN(c1ncccn1)CC21C(=O)Nc2ccccc21. The Kier molecular flexibility index (Phi) is 3.59. The molecule has 8 heteroatoms. The van der Waals surface area contributed by atoms with E-state index in [1.54, 1.807) is 18.5 Å². The minimum Gasteiger partial charge on any atom is -0.339 e. The number of likely N-dealkylation sites (tertiary alicyclic amines) is 1. The molecule has 2 amide bonds. The van der Waals surface area contributed by atoms with E-state index in [0.717, 1.165) is 16.1 Å². The summed E-state index contributed by atoms with van der Waals surface area (Å²) in [7, 11) is 0. The second-order valence-corrected chi connectivity index (χ2v) is 9.18. The molecule has 0 radical (unpaired) electrons. The van der Waals surface area contributed by atoms with Crippen molar-refractivity contribution in [3.05, 3.63) is 70.7 Å². The van der Waals surface area contributed by atoms with Gasteiger partial charge in [0.25, 0.3) is 5.91 Å². The molecule has 2 aromatic heterocycles. The molecule has 7 nitrogen and oxygen atoms in total. The van der Waals surface area contributed by atoms with Crippen LogP contribution in [-0.2, 0) is 10.2 Å². The summed E-state index contributed by atoms with van der Waals surface area (Å²) in [6, 6.07) is 13.4. The monoisotopic (exact) mass is 417 g/mol. The molecule has 0 aliphatic carbocycles. The molecule has 1 aromatic carbocycles. The van der Waals surface area contributed by atoms with E-state index in [0.29, 0.717) is 32.1 Å². The molecule has 0 bridgehead atoms. The predicted octanol–water partition coefficient (Wildman–Crippen LogP) is 2.39. The summed E-state index contributed by atoms with van der Waals surface area (Å²) in [5, 5.41) is 5.00. The number of carbonyl (C=O) groups is 2. The number of para-hydroxylation sites is 1. The molecular formula is C22H19N5O2S. The van der Waals surface area contributed by atoms with Crippen LogP contribution in [0.5, 0.6) is 0 Å². The number of fused-ring (bicyclic) bond motifs is 3. The van der Waals surface area contributed by atoms with Gasteiger partial charge in [0.15, 0.2) is 0 Å². The summed E-state index contributed by atoms with van der Waals surface area (Å²) in [6.45, 7) is 2.21. The molecule has 6 rings (SSSR count). The molecule has 1 atom stereocenters. The van der Waals surface area contributed by atoms with E-state index in [-0.39, 0.29) is 17.2 Å². The van der Waals surface area contributed by atoms with Crippen LogP contribution in [0.2, 0.25) is 0 Å². The van der Waals surface area contributed by atoms with Crippen LogP contribution in [0.15, 0.2) is 60.2 Å². The number of benzene rings is 1. The molecule has 2 spiro atoms. The fraction of sp³-hybridized carbons (Fsp3) is 0.273. The lowest BCUT2D eigenvalue weighted by Gasteiger charge is -2.54. The van der Waals surface area contributed by atoms with E-state index >= 15 is 0 Å². The molecule has 3 aliphatic heterocycles. The second-order valence-electron chi connectivity index (χ2n) is 8.23. The maximum atomic E-state index is 13.5. The van der Waals surface area contributed by atoms with Crippen LogP contribution in [0.3, 0.4) is 0 Å². The Bertz CT molecular complexity index is 1140. The van der Waals surface area contributed by atoms with Gasteiger partial charge in [-0.2, -0.15) is 0 Å². The Morgan fingerprint density at radius 2 is 1.80 bits per heavy atom. The van der Waals surface area contributed by atoms with Crippen LogP contribution in [0.4, 0.5) is 11.6 Å². The van der Waals surface area contributed by atoms with Gasteiger partial charge in [-0.05, 0) is 29.1 Å². The molecule has 0 saturated carbocycles. The highest BCUT2D eigenvalue weighted by Gasteiger charge is 2.70. The van der Waals surface area contributed by atoms with Gasteiger partial charge in [-0.25, -0.2) is 9.97 Å². The van der Waals surface area contributed by atoms with E-state index < -0.39 is 5.41 Å². The van der Waals surface area contributed by atoms with Crippen molar-refractivity contribution in [1.82, 2.24) is 14.9 Å². The summed E-state index contributed by atoms with van der Waals surface area (Å²) in [5.74, 6) is 0.659. The number of hydrogen-bond acceptors (Lipinski definition) is 6. The average Bonchev–Trinajstić information content (AvgIpc) is 3.46. The number of amides is 2. The Labute approximate surface area is 177 Å². The van der Waals surface area contributed by atoms with Gasteiger partial charge < -0.3 is 15.1 Å². The van der Waals surface area contributed by atoms with Gasteiger partial charge in [-0.3, -0.25) is 9.59 Å². The zero-order chi connectivity index (χ0) is 20.3. The van der Waals surface area contributed by atoms with Crippen LogP contribution < -0.4 is 10.2 Å². The summed E-state index contributed by atoms with van der Waals surface area (Å²) in [4.78, 5) is 39.9. The summed E-state index contributed by atoms with van der Waals surface area (Å²) >= 11 is 1.45. The highest BCUT2D eigenvalue weighted by atomic mass is 32.1. The lowest BCUT2D eigenvalue weighted by Crippen LogP contribution is -2.68. The van der Waals surface area contributed by atoms with Gasteiger partial charge in [0, 0.05) is 49.7 Å². The molecule has 5 heterocycles. The minimum atomic E-state index is -0.727. The van der Waals surface area contributed by atoms with Gasteiger partial charge in [-0.15, -0.1) is 11.3 Å². The van der Waals surface area contributed by atoms with Crippen molar-refractivity contribution < 1.29 is 9.59 Å². The number of carbonyl (C=O) groups excluding carboxylic acids is 2. The fourth-order valence-corrected chi connectivity index (χ4v) is 6.05. The third-order valence-corrected chi connectivity index (χ3v) is 7.55. The maximum absolute atomic E-state index is 13.5. The van der Waals surface area contributed by atoms with E-state index in [4.69, 9.17) is 0 Å². The number of thiophene rings is 1. The van der Waals surface area contributed by atoms with Gasteiger partial charge >= 0.3 is 0 Å². The number of hydrogen-bond donors (Lipinski definition) is 1. The van der Waals surface area contributed by atoms with Gasteiger partial charge in [-0.1, -0.05) is 24.3 Å². The second kappa shape index (κ2) is 6.12. The molecule has 2 saturated heterocycles. The van der Waals surface area contributed by atoms with Crippen molar-refractivity contribution in [3.8, 4) is 0 Å². The van der Waals surface area contributed by atoms with Crippen molar-refractivity contribution in [3.63, 3.8) is 0 Å². The molecule has 3 aliphatic rings. The van der Waals surface area contributed by atoms with E-state index in [1.165, 1.54) is 11.3 Å². The molecular weight excluding hydrogens is 398 g/mol. The quantitative estimate of drug-likeness (QED) is 0.693. The van der Waals surface area contributed by atoms with Gasteiger partial charge in [0.2, 0.25) is 11.9 Å². The first-order valence-corrected chi connectivity index (χ1v) is 10.8. The number of aromatic nitrogens is 2. The number of nitrogens with zero attached hydrogens (tertiary/aromatic N) is 4. The standard InChI is InChI=1S/C22H19N5O2S/c28-18(17-7-3-10-30-17)26-11-21(12-26)13-27(20-23-8-4-9-24-20)14-22(21)15-5-1-2-6-16(15)25-19(22)29/h1-10H,11-14H2,(H,25,29). The largest absolute Gasteiger partial charge is 0.339 e. The Hall–Kier alpha value is -3.26. The molecule has 3 aromatic rings. The first-order valence-electron chi connectivity index (χ1n) is 9.89. The lowest BCUT2D eigenvalue weighted by molar-refractivity contribution is -0.128. The number of rotatable bonds is 2. The van der Waals surface area contributed by atoms with Crippen molar-refractivity contribution in [2.45, 2.75) is 5.41 Å². The normalized spacial score (nSPS) is 23.5. The third-order valence-electron chi connectivity index (χ3n) is 6.69. The van der Waals surface area contributed by atoms with Crippen molar-refractivity contribution >= 4 is 34.8 Å². The van der Waals surface area contributed by atoms with Gasteiger partial charge in [0.05, 0.1) is 4.88 Å². The van der Waals surface area contributed by atoms with Crippen LogP contribution in [0.1, 0.15) is 15.2 Å². The van der Waals surface area contributed by atoms with E-state index in [2.05, 4.69) is 20.2 Å². The Morgan fingerprint density at radius 1 is 1.00 bits per heavy atom. The lowest BCUT2D eigenvalue weighted by atomic mass is 9.58. The van der Waals surface area contributed by atoms with Crippen LogP contribution in [-0.4, -0.2) is 52.9 Å². The highest BCUT2D eigenvalue weighted by molar-refractivity contribution is 7.12. The molecule has 30 heavy (non-hydrogen) atoms. The van der Waals surface area contributed by atoms with Crippen LogP contribution >= 0.6 is 11.3 Å². The first-order chi connectivity index (χ1) is 14.6. The maximum Gasteiger partial charge on any atom is 0.263 e. The predicted molar refractivity (Wildman–Crippen MR) is 114 cm³/mol. The Morgan fingerprint density at radius 3 is 2.57 bits per heavy atom. The smallest absolute Gasteiger partial charge is 0.263 e. The zero-order valence-electron chi connectivity index (χ0n) is 16.1. The highest BCUT2D eigenvalue weighted by Crippen LogP contribution is 2.58. The van der Waals surface area contributed by atoms with Crippen LogP contribution in [0.25, 0.3) is 0 Å². The van der Waals surface area contributed by atoms with Crippen molar-refractivity contribution in [2.24, 2.45) is 5.41 Å². The first kappa shape index (κ1) is 17.6. The molecule has 2 fully saturated rings. The summed E-state index contributed by atoms with van der Waals surface area (Å²) in [6.07, 6.45) is 3.44.